The molecule has 0 bridgehead atoms. The van der Waals surface area contributed by atoms with Crippen LogP contribution >= 0.6 is 23.2 Å². The van der Waals surface area contributed by atoms with Crippen molar-refractivity contribution in [1.82, 2.24) is 14.8 Å². The number of benzene rings is 2. The van der Waals surface area contributed by atoms with Gasteiger partial charge in [0.05, 0.1) is 19.8 Å². The molecule has 1 unspecified atom stereocenters. The SMILES string of the molecule is COC(=O)C1=C(C)Nc2ncnn2C1c1ccc(OCc2ccc(Cl)cc2Cl)c(OC)c1. The number of rotatable bonds is 6. The predicted octanol–water partition coefficient (Wildman–Crippen LogP) is 4.63. The molecule has 0 radical (unpaired) electrons. The maximum Gasteiger partial charge on any atom is 0.338 e. The number of fused-ring (bicyclic) bond motifs is 1. The van der Waals surface area contributed by atoms with E-state index in [2.05, 4.69) is 15.4 Å². The summed E-state index contributed by atoms with van der Waals surface area (Å²) in [5.41, 5.74) is 2.61. The van der Waals surface area contributed by atoms with Crippen LogP contribution in [-0.2, 0) is 16.1 Å². The monoisotopic (exact) mass is 474 g/mol. The Labute approximate surface area is 194 Å². The van der Waals surface area contributed by atoms with Gasteiger partial charge in [0, 0.05) is 21.3 Å². The Bertz CT molecular complexity index is 1210. The van der Waals surface area contributed by atoms with Crippen molar-refractivity contribution >= 4 is 35.1 Å². The number of hydrogen-bond donors (Lipinski definition) is 1. The molecule has 8 nitrogen and oxygen atoms in total. The van der Waals surface area contributed by atoms with Crippen molar-refractivity contribution in [2.45, 2.75) is 19.6 Å². The minimum Gasteiger partial charge on any atom is -0.493 e. The van der Waals surface area contributed by atoms with Gasteiger partial charge in [-0.15, -0.1) is 0 Å². The fourth-order valence-corrected chi connectivity index (χ4v) is 4.00. The van der Waals surface area contributed by atoms with Gasteiger partial charge in [0.2, 0.25) is 5.95 Å². The zero-order valence-corrected chi connectivity index (χ0v) is 19.1. The van der Waals surface area contributed by atoms with E-state index < -0.39 is 12.0 Å². The number of nitrogens with one attached hydrogen (secondary N) is 1. The number of esters is 1. The Morgan fingerprint density at radius 3 is 2.69 bits per heavy atom. The van der Waals surface area contributed by atoms with Crippen molar-refractivity contribution in [3.05, 3.63) is 75.2 Å². The van der Waals surface area contributed by atoms with Crippen LogP contribution in [0.25, 0.3) is 0 Å². The van der Waals surface area contributed by atoms with Crippen molar-refractivity contribution in [1.29, 1.82) is 0 Å². The van der Waals surface area contributed by atoms with Crippen LogP contribution in [0.1, 0.15) is 24.1 Å². The maximum absolute atomic E-state index is 12.6. The Morgan fingerprint density at radius 2 is 1.97 bits per heavy atom. The second-order valence-corrected chi connectivity index (χ2v) is 7.86. The van der Waals surface area contributed by atoms with Crippen LogP contribution in [0.5, 0.6) is 11.5 Å². The number of ether oxygens (including phenoxy) is 3. The van der Waals surface area contributed by atoms with Crippen LogP contribution in [0, 0.1) is 0 Å². The molecule has 0 aliphatic carbocycles. The Balaban J connectivity index is 1.68. The Morgan fingerprint density at radius 1 is 1.16 bits per heavy atom. The molecule has 2 aromatic carbocycles. The van der Waals surface area contributed by atoms with Gasteiger partial charge in [-0.05, 0) is 36.8 Å². The van der Waals surface area contributed by atoms with E-state index in [-0.39, 0.29) is 6.61 Å². The van der Waals surface area contributed by atoms with E-state index in [0.29, 0.717) is 38.8 Å². The molecule has 32 heavy (non-hydrogen) atoms. The van der Waals surface area contributed by atoms with Crippen LogP contribution in [0.2, 0.25) is 10.0 Å². The predicted molar refractivity (Wildman–Crippen MR) is 120 cm³/mol. The number of allylic oxidation sites excluding steroid dienone is 1. The molecule has 1 atom stereocenters. The molecule has 0 amide bonds. The summed E-state index contributed by atoms with van der Waals surface area (Å²) in [6.45, 7) is 2.03. The smallest absolute Gasteiger partial charge is 0.338 e. The molecular formula is C22H20Cl2N4O4. The van der Waals surface area contributed by atoms with Crippen LogP contribution in [0.15, 0.2) is 54.0 Å². The first-order valence-electron chi connectivity index (χ1n) is 9.63. The number of anilines is 1. The average Bonchev–Trinajstić information content (AvgIpc) is 3.25. The van der Waals surface area contributed by atoms with Gasteiger partial charge in [0.25, 0.3) is 0 Å². The number of halogens is 2. The van der Waals surface area contributed by atoms with Crippen LogP contribution < -0.4 is 14.8 Å². The summed E-state index contributed by atoms with van der Waals surface area (Å²) in [6, 6.07) is 10.1. The van der Waals surface area contributed by atoms with Crippen molar-refractivity contribution in [3.63, 3.8) is 0 Å². The number of nitrogens with zero attached hydrogens (tertiary/aromatic N) is 3. The van der Waals surface area contributed by atoms with Crippen molar-refractivity contribution in [2.24, 2.45) is 0 Å². The first kappa shape index (κ1) is 22.0. The summed E-state index contributed by atoms with van der Waals surface area (Å²) >= 11 is 12.2. The third-order valence-corrected chi connectivity index (χ3v) is 5.69. The van der Waals surface area contributed by atoms with E-state index in [9.17, 15) is 4.79 Å². The van der Waals surface area contributed by atoms with E-state index in [1.54, 1.807) is 43.0 Å². The van der Waals surface area contributed by atoms with E-state index in [1.165, 1.54) is 13.4 Å². The van der Waals surface area contributed by atoms with E-state index in [1.807, 2.05) is 12.1 Å². The van der Waals surface area contributed by atoms with Gasteiger partial charge in [-0.2, -0.15) is 10.1 Å². The highest BCUT2D eigenvalue weighted by atomic mass is 35.5. The van der Waals surface area contributed by atoms with Crippen molar-refractivity contribution < 1.29 is 19.0 Å². The highest BCUT2D eigenvalue weighted by Crippen LogP contribution is 2.39. The average molecular weight is 475 g/mol. The summed E-state index contributed by atoms with van der Waals surface area (Å²) in [5, 5.41) is 8.45. The number of aromatic nitrogens is 3. The molecule has 0 fully saturated rings. The quantitative estimate of drug-likeness (QED) is 0.520. The molecule has 1 aliphatic heterocycles. The molecular weight excluding hydrogens is 455 g/mol. The van der Waals surface area contributed by atoms with Gasteiger partial charge in [0.15, 0.2) is 11.5 Å². The number of methoxy groups -OCH3 is 2. The lowest BCUT2D eigenvalue weighted by Gasteiger charge is -2.28. The maximum atomic E-state index is 12.6. The molecule has 3 aromatic rings. The van der Waals surface area contributed by atoms with Crippen molar-refractivity contribution in [2.75, 3.05) is 19.5 Å². The van der Waals surface area contributed by atoms with Crippen molar-refractivity contribution in [3.8, 4) is 11.5 Å². The summed E-state index contributed by atoms with van der Waals surface area (Å²) in [6.07, 6.45) is 1.42. The largest absolute Gasteiger partial charge is 0.493 e. The normalized spacial score (nSPS) is 15.1. The highest BCUT2D eigenvalue weighted by molar-refractivity contribution is 6.35. The fourth-order valence-electron chi connectivity index (χ4n) is 3.54. The lowest BCUT2D eigenvalue weighted by atomic mass is 9.95. The number of carbonyl (C=O) groups is 1. The minimum absolute atomic E-state index is 0.235. The van der Waals surface area contributed by atoms with Gasteiger partial charge in [-0.1, -0.05) is 35.3 Å². The number of carbonyl (C=O) groups excluding carboxylic acids is 1. The van der Waals surface area contributed by atoms with Gasteiger partial charge in [0.1, 0.15) is 19.0 Å². The van der Waals surface area contributed by atoms with E-state index in [0.717, 1.165) is 11.1 Å². The summed E-state index contributed by atoms with van der Waals surface area (Å²) < 4.78 is 18.1. The van der Waals surface area contributed by atoms with Crippen LogP contribution in [0.4, 0.5) is 5.95 Å². The zero-order chi connectivity index (χ0) is 22.8. The lowest BCUT2D eigenvalue weighted by molar-refractivity contribution is -0.136. The Hall–Kier alpha value is -3.23. The lowest BCUT2D eigenvalue weighted by Crippen LogP contribution is -2.29. The highest BCUT2D eigenvalue weighted by Gasteiger charge is 2.34. The first-order chi connectivity index (χ1) is 15.4. The van der Waals surface area contributed by atoms with Gasteiger partial charge >= 0.3 is 5.97 Å². The summed E-state index contributed by atoms with van der Waals surface area (Å²) in [7, 11) is 2.89. The molecule has 1 N–H and O–H groups in total. The van der Waals surface area contributed by atoms with Gasteiger partial charge < -0.3 is 19.5 Å². The first-order valence-corrected chi connectivity index (χ1v) is 10.4. The molecule has 10 heteroatoms. The molecule has 166 valence electrons. The zero-order valence-electron chi connectivity index (χ0n) is 17.6. The van der Waals surface area contributed by atoms with Crippen LogP contribution in [0.3, 0.4) is 0 Å². The minimum atomic E-state index is -0.546. The second kappa shape index (κ2) is 9.10. The topological polar surface area (TPSA) is 87.5 Å². The molecule has 4 rings (SSSR count). The van der Waals surface area contributed by atoms with Crippen LogP contribution in [-0.4, -0.2) is 35.0 Å². The molecule has 1 aliphatic rings. The van der Waals surface area contributed by atoms with Gasteiger partial charge in [-0.3, -0.25) is 0 Å². The fraction of sp³-hybridized carbons (Fsp3) is 0.227. The second-order valence-electron chi connectivity index (χ2n) is 7.02. The Kier molecular flexibility index (Phi) is 6.25. The van der Waals surface area contributed by atoms with E-state index >= 15 is 0 Å². The molecule has 1 aromatic heterocycles. The molecule has 0 saturated carbocycles. The summed E-state index contributed by atoms with van der Waals surface area (Å²) in [4.78, 5) is 16.8. The molecule has 0 saturated heterocycles. The number of hydrogen-bond acceptors (Lipinski definition) is 7. The standard InChI is InChI=1S/C22H20Cl2N4O4/c1-12-19(21(29)31-3)20(28-22(27-12)25-11-26-28)13-5-7-17(18(8-13)30-2)32-10-14-4-6-15(23)9-16(14)24/h4-9,11,20H,10H2,1-3H3,(H,25,26,27). The summed E-state index contributed by atoms with van der Waals surface area (Å²) in [5.74, 6) is 1.08. The third-order valence-electron chi connectivity index (χ3n) is 5.10. The molecule has 2 heterocycles. The van der Waals surface area contributed by atoms with E-state index in [4.69, 9.17) is 37.4 Å². The van der Waals surface area contributed by atoms with Gasteiger partial charge in [-0.25, -0.2) is 9.48 Å². The third kappa shape index (κ3) is 4.11. The molecule has 0 spiro atoms.